The summed E-state index contributed by atoms with van der Waals surface area (Å²) in [5, 5.41) is 0.443. The Balaban J connectivity index is 3.03. The fourth-order valence-corrected chi connectivity index (χ4v) is 1.30. The van der Waals surface area contributed by atoms with Crippen molar-refractivity contribution >= 4 is 23.6 Å². The highest BCUT2D eigenvalue weighted by Crippen LogP contribution is 2.17. The molecule has 0 unspecified atom stereocenters. The number of rotatable bonds is 4. The highest BCUT2D eigenvalue weighted by Gasteiger charge is 2.00. The van der Waals surface area contributed by atoms with E-state index in [0.717, 1.165) is 11.8 Å². The number of carbonyl (C=O) groups excluding carboxylic acids is 1. The third-order valence-electron chi connectivity index (χ3n) is 1.99. The van der Waals surface area contributed by atoms with Gasteiger partial charge in [0.1, 0.15) is 6.29 Å². The second-order valence-electron chi connectivity index (χ2n) is 3.10. The molecule has 2 N–H and O–H groups in total. The minimum atomic E-state index is 0.443. The zero-order valence-electron chi connectivity index (χ0n) is 8.69. The van der Waals surface area contributed by atoms with Crippen LogP contribution in [0.1, 0.15) is 15.9 Å². The number of halogens is 1. The van der Waals surface area contributed by atoms with Crippen molar-refractivity contribution in [1.82, 2.24) is 0 Å². The van der Waals surface area contributed by atoms with Gasteiger partial charge in [-0.05, 0) is 11.6 Å². The highest BCUT2D eigenvalue weighted by molar-refractivity contribution is 6.34. The van der Waals surface area contributed by atoms with Gasteiger partial charge in [0.05, 0.1) is 10.7 Å². The predicted molar refractivity (Wildman–Crippen MR) is 68.1 cm³/mol. The normalized spacial score (nSPS) is 12.3. The molecule has 82 valence electrons. The second kappa shape index (κ2) is 5.93. The third-order valence-corrected chi connectivity index (χ3v) is 2.32. The standard InChI is InChI=1S/C13H12ClNO/c1-2-3-4-12(14)13(15)11-7-5-10(9-16)6-8-11/h2-9H,1,15H2/b4-3-,13-12+. The van der Waals surface area contributed by atoms with Crippen molar-refractivity contribution in [1.29, 1.82) is 0 Å². The van der Waals surface area contributed by atoms with Crippen LogP contribution in [0.2, 0.25) is 0 Å². The van der Waals surface area contributed by atoms with Crippen LogP contribution >= 0.6 is 11.6 Å². The second-order valence-corrected chi connectivity index (χ2v) is 3.50. The molecule has 1 aromatic rings. The largest absolute Gasteiger partial charge is 0.397 e. The van der Waals surface area contributed by atoms with Crippen molar-refractivity contribution in [2.75, 3.05) is 0 Å². The molecule has 0 fully saturated rings. The molecule has 0 aliphatic carbocycles. The van der Waals surface area contributed by atoms with E-state index < -0.39 is 0 Å². The molecule has 1 aromatic carbocycles. The first-order valence-electron chi connectivity index (χ1n) is 4.69. The topological polar surface area (TPSA) is 43.1 Å². The van der Waals surface area contributed by atoms with E-state index in [0.29, 0.717) is 16.3 Å². The number of allylic oxidation sites excluding steroid dienone is 4. The van der Waals surface area contributed by atoms with Crippen LogP contribution in [0.25, 0.3) is 5.70 Å². The van der Waals surface area contributed by atoms with E-state index in [1.54, 1.807) is 42.5 Å². The maximum atomic E-state index is 10.5. The van der Waals surface area contributed by atoms with Crippen molar-refractivity contribution in [2.24, 2.45) is 5.73 Å². The van der Waals surface area contributed by atoms with Gasteiger partial charge in [-0.1, -0.05) is 54.6 Å². The van der Waals surface area contributed by atoms with Gasteiger partial charge < -0.3 is 5.73 Å². The fourth-order valence-electron chi connectivity index (χ4n) is 1.12. The third kappa shape index (κ3) is 3.11. The average molecular weight is 234 g/mol. The molecule has 0 atom stereocenters. The highest BCUT2D eigenvalue weighted by atomic mass is 35.5. The van der Waals surface area contributed by atoms with Gasteiger partial charge in [0, 0.05) is 5.56 Å². The SMILES string of the molecule is C=C/C=C\C(Cl)=C(/N)c1ccc(C=O)cc1. The first kappa shape index (κ1) is 12.3. The van der Waals surface area contributed by atoms with E-state index >= 15 is 0 Å². The lowest BCUT2D eigenvalue weighted by molar-refractivity contribution is 0.112. The Morgan fingerprint density at radius 3 is 2.44 bits per heavy atom. The molecule has 0 saturated heterocycles. The van der Waals surface area contributed by atoms with Crippen LogP contribution in [0.5, 0.6) is 0 Å². The molecule has 0 amide bonds. The van der Waals surface area contributed by atoms with Crippen LogP contribution in [-0.4, -0.2) is 6.29 Å². The van der Waals surface area contributed by atoms with E-state index in [4.69, 9.17) is 17.3 Å². The van der Waals surface area contributed by atoms with Crippen molar-refractivity contribution in [3.8, 4) is 0 Å². The zero-order chi connectivity index (χ0) is 12.0. The summed E-state index contributed by atoms with van der Waals surface area (Å²) in [6.45, 7) is 3.54. The molecule has 3 heteroatoms. The summed E-state index contributed by atoms with van der Waals surface area (Å²) in [5.74, 6) is 0. The lowest BCUT2D eigenvalue weighted by Gasteiger charge is -2.03. The van der Waals surface area contributed by atoms with Crippen LogP contribution in [0.15, 0.2) is 54.1 Å². The number of aldehydes is 1. The van der Waals surface area contributed by atoms with Gasteiger partial charge in [-0.3, -0.25) is 4.79 Å². The summed E-state index contributed by atoms with van der Waals surface area (Å²) in [5.41, 5.74) is 7.70. The van der Waals surface area contributed by atoms with Gasteiger partial charge in [-0.15, -0.1) is 0 Å². The summed E-state index contributed by atoms with van der Waals surface area (Å²) in [7, 11) is 0. The monoisotopic (exact) mass is 233 g/mol. The summed E-state index contributed by atoms with van der Waals surface area (Å²) in [4.78, 5) is 10.5. The maximum Gasteiger partial charge on any atom is 0.150 e. The van der Waals surface area contributed by atoms with E-state index in [-0.39, 0.29) is 0 Å². The Labute approximate surface area is 99.7 Å². The first-order chi connectivity index (χ1) is 7.69. The van der Waals surface area contributed by atoms with Crippen LogP contribution in [-0.2, 0) is 0 Å². The van der Waals surface area contributed by atoms with Gasteiger partial charge in [0.25, 0.3) is 0 Å². The van der Waals surface area contributed by atoms with Crippen LogP contribution in [0.3, 0.4) is 0 Å². The molecule has 1 rings (SSSR count). The van der Waals surface area contributed by atoms with Crippen molar-refractivity contribution in [2.45, 2.75) is 0 Å². The molecule has 16 heavy (non-hydrogen) atoms. The Hall–Kier alpha value is -1.80. The lowest BCUT2D eigenvalue weighted by atomic mass is 10.1. The summed E-state index contributed by atoms with van der Waals surface area (Å²) >= 11 is 5.97. The first-order valence-corrected chi connectivity index (χ1v) is 5.06. The van der Waals surface area contributed by atoms with Gasteiger partial charge in [-0.25, -0.2) is 0 Å². The van der Waals surface area contributed by atoms with E-state index in [1.807, 2.05) is 0 Å². The molecule has 0 bridgehead atoms. The zero-order valence-corrected chi connectivity index (χ0v) is 9.45. The van der Waals surface area contributed by atoms with Crippen molar-refractivity contribution in [3.63, 3.8) is 0 Å². The number of benzene rings is 1. The predicted octanol–water partition coefficient (Wildman–Crippen LogP) is 3.11. The van der Waals surface area contributed by atoms with Crippen LogP contribution < -0.4 is 5.73 Å². The van der Waals surface area contributed by atoms with Crippen LogP contribution in [0, 0.1) is 0 Å². The smallest absolute Gasteiger partial charge is 0.150 e. The molecule has 0 radical (unpaired) electrons. The van der Waals surface area contributed by atoms with Gasteiger partial charge in [-0.2, -0.15) is 0 Å². The maximum absolute atomic E-state index is 10.5. The Morgan fingerprint density at radius 1 is 1.31 bits per heavy atom. The molecular formula is C13H12ClNO. The Kier molecular flexibility index (Phi) is 4.55. The Bertz CT molecular complexity index is 444. The van der Waals surface area contributed by atoms with Gasteiger partial charge in [0.2, 0.25) is 0 Å². The number of carbonyl (C=O) groups is 1. The minimum Gasteiger partial charge on any atom is -0.397 e. The van der Waals surface area contributed by atoms with E-state index in [2.05, 4.69) is 6.58 Å². The van der Waals surface area contributed by atoms with Gasteiger partial charge in [0.15, 0.2) is 0 Å². The lowest BCUT2D eigenvalue weighted by Crippen LogP contribution is -1.98. The summed E-state index contributed by atoms with van der Waals surface area (Å²) in [6.07, 6.45) is 5.76. The number of hydrogen-bond donors (Lipinski definition) is 1. The molecule has 2 nitrogen and oxygen atoms in total. The van der Waals surface area contributed by atoms with Crippen LogP contribution in [0.4, 0.5) is 0 Å². The summed E-state index contributed by atoms with van der Waals surface area (Å²) < 4.78 is 0. The molecule has 0 saturated carbocycles. The average Bonchev–Trinajstić information content (AvgIpc) is 2.35. The minimum absolute atomic E-state index is 0.443. The number of nitrogens with two attached hydrogens (primary N) is 1. The molecule has 0 aromatic heterocycles. The molecule has 0 aliphatic heterocycles. The van der Waals surface area contributed by atoms with E-state index in [1.165, 1.54) is 0 Å². The Morgan fingerprint density at radius 2 is 1.94 bits per heavy atom. The quantitative estimate of drug-likeness (QED) is 0.642. The molecule has 0 heterocycles. The van der Waals surface area contributed by atoms with Crippen molar-refractivity contribution < 1.29 is 4.79 Å². The summed E-state index contributed by atoms with van der Waals surface area (Å²) in [6, 6.07) is 6.89. The number of hydrogen-bond acceptors (Lipinski definition) is 2. The van der Waals surface area contributed by atoms with Gasteiger partial charge >= 0.3 is 0 Å². The molecule has 0 aliphatic rings. The fraction of sp³-hybridized carbons (Fsp3) is 0. The van der Waals surface area contributed by atoms with E-state index in [9.17, 15) is 4.79 Å². The molecular weight excluding hydrogens is 222 g/mol. The molecule has 0 spiro atoms. The van der Waals surface area contributed by atoms with Crippen molar-refractivity contribution in [3.05, 3.63) is 65.2 Å².